The van der Waals surface area contributed by atoms with E-state index in [-0.39, 0.29) is 13.2 Å². The summed E-state index contributed by atoms with van der Waals surface area (Å²) in [5, 5.41) is 0. The summed E-state index contributed by atoms with van der Waals surface area (Å²) in [5.74, 6) is -0.724. The normalized spacial score (nSPS) is 11.0. The molecule has 5 nitrogen and oxygen atoms in total. The highest BCUT2D eigenvalue weighted by Crippen LogP contribution is 2.37. The standard InChI is InChI=1S/C16H21BrO5/c1-6-21-14(18)16(4,15(19)22-7-2)11-9-13(20-5)10(3)8-12(11)17/h8-9H,6-7H2,1-5H3. The number of rotatable bonds is 6. The van der Waals surface area contributed by atoms with Gasteiger partial charge in [-0.15, -0.1) is 0 Å². The van der Waals surface area contributed by atoms with Crippen LogP contribution in [0.2, 0.25) is 0 Å². The maximum Gasteiger partial charge on any atom is 0.327 e. The number of methoxy groups -OCH3 is 1. The summed E-state index contributed by atoms with van der Waals surface area (Å²) in [7, 11) is 1.53. The van der Waals surface area contributed by atoms with Crippen LogP contribution < -0.4 is 4.74 Å². The van der Waals surface area contributed by atoms with E-state index in [4.69, 9.17) is 14.2 Å². The third-order valence-electron chi connectivity index (χ3n) is 3.39. The summed E-state index contributed by atoms with van der Waals surface area (Å²) in [5.41, 5.74) is -0.230. The molecule has 0 radical (unpaired) electrons. The van der Waals surface area contributed by atoms with Crippen LogP contribution in [0.1, 0.15) is 31.9 Å². The Hall–Kier alpha value is -1.56. The van der Waals surface area contributed by atoms with E-state index >= 15 is 0 Å². The first-order chi connectivity index (χ1) is 10.3. The SMILES string of the molecule is CCOC(=O)C(C)(C(=O)OCC)c1cc(OC)c(C)cc1Br. The van der Waals surface area contributed by atoms with Gasteiger partial charge >= 0.3 is 11.9 Å². The van der Waals surface area contributed by atoms with Gasteiger partial charge in [0, 0.05) is 4.47 Å². The molecular weight excluding hydrogens is 352 g/mol. The number of ether oxygens (including phenoxy) is 3. The van der Waals surface area contributed by atoms with E-state index < -0.39 is 17.4 Å². The van der Waals surface area contributed by atoms with Crippen LogP contribution in [0, 0.1) is 6.92 Å². The van der Waals surface area contributed by atoms with Crippen LogP contribution in [0.4, 0.5) is 0 Å². The fourth-order valence-corrected chi connectivity index (χ4v) is 2.96. The fourth-order valence-electron chi connectivity index (χ4n) is 2.11. The molecule has 0 saturated carbocycles. The van der Waals surface area contributed by atoms with Gasteiger partial charge in [-0.1, -0.05) is 15.9 Å². The summed E-state index contributed by atoms with van der Waals surface area (Å²) in [6.07, 6.45) is 0. The van der Waals surface area contributed by atoms with Gasteiger partial charge in [-0.25, -0.2) is 0 Å². The second kappa shape index (κ2) is 7.63. The van der Waals surface area contributed by atoms with E-state index in [1.165, 1.54) is 14.0 Å². The van der Waals surface area contributed by atoms with Crippen molar-refractivity contribution in [3.63, 3.8) is 0 Å². The van der Waals surface area contributed by atoms with Crippen LogP contribution in [0.25, 0.3) is 0 Å². The molecule has 1 aromatic carbocycles. The number of esters is 2. The zero-order valence-corrected chi connectivity index (χ0v) is 15.1. The molecule has 0 aliphatic rings. The smallest absolute Gasteiger partial charge is 0.327 e. The number of hydrogen-bond acceptors (Lipinski definition) is 5. The Bertz CT molecular complexity index is 550. The van der Waals surface area contributed by atoms with Crippen LogP contribution in [0.5, 0.6) is 5.75 Å². The molecule has 1 aromatic rings. The van der Waals surface area contributed by atoms with E-state index in [0.717, 1.165) is 5.56 Å². The van der Waals surface area contributed by atoms with Crippen molar-refractivity contribution >= 4 is 27.9 Å². The Morgan fingerprint density at radius 1 is 1.14 bits per heavy atom. The molecule has 0 aromatic heterocycles. The predicted molar refractivity (Wildman–Crippen MR) is 86.0 cm³/mol. The molecule has 22 heavy (non-hydrogen) atoms. The highest BCUT2D eigenvalue weighted by molar-refractivity contribution is 9.10. The first kappa shape index (κ1) is 18.5. The Kier molecular flexibility index (Phi) is 6.41. The Labute approximate surface area is 139 Å². The monoisotopic (exact) mass is 372 g/mol. The summed E-state index contributed by atoms with van der Waals surface area (Å²) in [6.45, 7) is 7.10. The average Bonchev–Trinajstić information content (AvgIpc) is 2.47. The van der Waals surface area contributed by atoms with Crippen LogP contribution in [-0.2, 0) is 24.5 Å². The summed E-state index contributed by atoms with van der Waals surface area (Å²) in [6, 6.07) is 3.46. The first-order valence-electron chi connectivity index (χ1n) is 7.01. The molecule has 0 heterocycles. The molecule has 122 valence electrons. The number of carbonyl (C=O) groups is 2. The lowest BCUT2D eigenvalue weighted by molar-refractivity contribution is -0.163. The Morgan fingerprint density at radius 2 is 1.64 bits per heavy atom. The first-order valence-corrected chi connectivity index (χ1v) is 7.81. The molecule has 6 heteroatoms. The van der Waals surface area contributed by atoms with E-state index in [9.17, 15) is 9.59 Å². The summed E-state index contributed by atoms with van der Waals surface area (Å²) in [4.78, 5) is 24.9. The largest absolute Gasteiger partial charge is 0.496 e. The number of hydrogen-bond donors (Lipinski definition) is 0. The van der Waals surface area contributed by atoms with Gasteiger partial charge in [0.15, 0.2) is 5.41 Å². The summed E-state index contributed by atoms with van der Waals surface area (Å²) < 4.78 is 16.1. The minimum atomic E-state index is -1.56. The molecule has 0 spiro atoms. The van der Waals surface area contributed by atoms with Crippen molar-refractivity contribution in [2.24, 2.45) is 0 Å². The van der Waals surface area contributed by atoms with Gasteiger partial charge < -0.3 is 14.2 Å². The highest BCUT2D eigenvalue weighted by atomic mass is 79.9. The van der Waals surface area contributed by atoms with Crippen molar-refractivity contribution < 1.29 is 23.8 Å². The number of halogens is 1. The second-order valence-corrected chi connectivity index (χ2v) is 5.72. The van der Waals surface area contributed by atoms with Crippen molar-refractivity contribution in [3.8, 4) is 5.75 Å². The second-order valence-electron chi connectivity index (χ2n) is 4.87. The van der Waals surface area contributed by atoms with Crippen molar-refractivity contribution in [2.75, 3.05) is 20.3 Å². The van der Waals surface area contributed by atoms with Gasteiger partial charge in [0.25, 0.3) is 0 Å². The molecule has 0 N–H and O–H groups in total. The number of aryl methyl sites for hydroxylation is 1. The van der Waals surface area contributed by atoms with E-state index in [1.807, 2.05) is 6.92 Å². The van der Waals surface area contributed by atoms with Gasteiger partial charge in [0.05, 0.1) is 20.3 Å². The highest BCUT2D eigenvalue weighted by Gasteiger charge is 2.47. The number of benzene rings is 1. The quantitative estimate of drug-likeness (QED) is 0.566. The topological polar surface area (TPSA) is 61.8 Å². The molecule has 0 unspecified atom stereocenters. The minimum absolute atomic E-state index is 0.175. The minimum Gasteiger partial charge on any atom is -0.496 e. The molecule has 0 amide bonds. The van der Waals surface area contributed by atoms with Gasteiger partial charge in [0.1, 0.15) is 5.75 Å². The van der Waals surface area contributed by atoms with Crippen molar-refractivity contribution in [3.05, 3.63) is 27.7 Å². The van der Waals surface area contributed by atoms with Gasteiger partial charge in [0.2, 0.25) is 0 Å². The average molecular weight is 373 g/mol. The fraction of sp³-hybridized carbons (Fsp3) is 0.500. The van der Waals surface area contributed by atoms with Crippen LogP contribution in [0.15, 0.2) is 16.6 Å². The molecule has 0 fully saturated rings. The van der Waals surface area contributed by atoms with E-state index in [2.05, 4.69) is 15.9 Å². The summed E-state index contributed by atoms with van der Waals surface area (Å²) >= 11 is 3.41. The predicted octanol–water partition coefficient (Wildman–Crippen LogP) is 3.15. The van der Waals surface area contributed by atoms with Gasteiger partial charge in [-0.05, 0) is 51.0 Å². The van der Waals surface area contributed by atoms with Crippen LogP contribution >= 0.6 is 15.9 Å². The lowest BCUT2D eigenvalue weighted by atomic mass is 9.82. The molecule has 1 rings (SSSR count). The van der Waals surface area contributed by atoms with E-state index in [0.29, 0.717) is 15.8 Å². The maximum atomic E-state index is 12.4. The van der Waals surface area contributed by atoms with Crippen molar-refractivity contribution in [1.82, 2.24) is 0 Å². The lowest BCUT2D eigenvalue weighted by Crippen LogP contribution is -2.44. The maximum absolute atomic E-state index is 12.4. The molecule has 0 aliphatic carbocycles. The molecule has 0 aliphatic heterocycles. The Morgan fingerprint density at radius 3 is 2.05 bits per heavy atom. The zero-order chi connectivity index (χ0) is 16.9. The third kappa shape index (κ3) is 3.43. The third-order valence-corrected chi connectivity index (χ3v) is 4.05. The lowest BCUT2D eigenvalue weighted by Gasteiger charge is -2.27. The molecule has 0 bridgehead atoms. The molecule has 0 saturated heterocycles. The van der Waals surface area contributed by atoms with Crippen LogP contribution in [0.3, 0.4) is 0 Å². The van der Waals surface area contributed by atoms with Crippen molar-refractivity contribution in [1.29, 1.82) is 0 Å². The molecular formula is C16H21BrO5. The zero-order valence-electron chi connectivity index (χ0n) is 13.5. The van der Waals surface area contributed by atoms with Gasteiger partial charge in [-0.2, -0.15) is 0 Å². The van der Waals surface area contributed by atoms with E-state index in [1.54, 1.807) is 26.0 Å². The Balaban J connectivity index is 3.51. The van der Waals surface area contributed by atoms with Crippen LogP contribution in [-0.4, -0.2) is 32.3 Å². The van der Waals surface area contributed by atoms with Crippen molar-refractivity contribution in [2.45, 2.75) is 33.1 Å². The number of carbonyl (C=O) groups excluding carboxylic acids is 2. The molecule has 0 atom stereocenters. The van der Waals surface area contributed by atoms with Gasteiger partial charge in [-0.3, -0.25) is 9.59 Å².